The van der Waals surface area contributed by atoms with Crippen LogP contribution in [-0.4, -0.2) is 55.1 Å². The number of imidazole rings is 1. The number of benzene rings is 3. The molecule has 0 unspecified atom stereocenters. The lowest BCUT2D eigenvalue weighted by molar-refractivity contribution is 0.0501. The molecule has 41 heavy (non-hydrogen) atoms. The van der Waals surface area contributed by atoms with Crippen molar-refractivity contribution in [1.29, 1.82) is 0 Å². The van der Waals surface area contributed by atoms with Crippen LogP contribution in [0.15, 0.2) is 90.2 Å². The summed E-state index contributed by atoms with van der Waals surface area (Å²) in [4.78, 5) is 19.7. The van der Waals surface area contributed by atoms with Gasteiger partial charge in [0, 0.05) is 24.3 Å². The lowest BCUT2D eigenvalue weighted by atomic mass is 10.1. The highest BCUT2D eigenvalue weighted by atomic mass is 32.2. The molecule has 8 nitrogen and oxygen atoms in total. The number of sulfone groups is 1. The lowest BCUT2D eigenvalue weighted by Crippen LogP contribution is -2.37. The Morgan fingerprint density at radius 2 is 1.80 bits per heavy atom. The fraction of sp³-hybridized carbons (Fsp3) is 0.290. The van der Waals surface area contributed by atoms with E-state index in [1.807, 2.05) is 30.3 Å². The number of hydrogen-bond acceptors (Lipinski definition) is 6. The SMILES string of the molecule is COc1ccc(C(=O)N(Cc2cnc(S(=O)(=O)Cc3ccccc3F)n2Cc2ccccc2)C[C@@H]2CCCO2)cc1. The Balaban J connectivity index is 1.51. The Morgan fingerprint density at radius 3 is 2.49 bits per heavy atom. The van der Waals surface area contributed by atoms with Crippen LogP contribution in [0.25, 0.3) is 0 Å². The second-order valence-electron chi connectivity index (χ2n) is 10.0. The zero-order valence-corrected chi connectivity index (χ0v) is 23.6. The number of halogens is 1. The number of carbonyl (C=O) groups excluding carboxylic acids is 1. The molecule has 1 atom stereocenters. The Bertz CT molecular complexity index is 1580. The molecular formula is C31H32FN3O5S. The van der Waals surface area contributed by atoms with Crippen LogP contribution >= 0.6 is 0 Å². The normalized spacial score (nSPS) is 15.1. The van der Waals surface area contributed by atoms with E-state index in [2.05, 4.69) is 4.98 Å². The van der Waals surface area contributed by atoms with Crippen molar-refractivity contribution in [2.75, 3.05) is 20.3 Å². The molecule has 0 N–H and O–H groups in total. The van der Waals surface area contributed by atoms with Crippen LogP contribution in [0.2, 0.25) is 0 Å². The second kappa shape index (κ2) is 12.7. The van der Waals surface area contributed by atoms with E-state index in [0.29, 0.717) is 30.2 Å². The monoisotopic (exact) mass is 577 g/mol. The topological polar surface area (TPSA) is 90.7 Å². The molecule has 4 aromatic rings. The quantitative estimate of drug-likeness (QED) is 0.253. The van der Waals surface area contributed by atoms with Gasteiger partial charge in [-0.25, -0.2) is 17.8 Å². The van der Waals surface area contributed by atoms with Crippen molar-refractivity contribution in [1.82, 2.24) is 14.5 Å². The van der Waals surface area contributed by atoms with Gasteiger partial charge in [-0.2, -0.15) is 0 Å². The summed E-state index contributed by atoms with van der Waals surface area (Å²) < 4.78 is 54.3. The first-order valence-electron chi connectivity index (χ1n) is 13.4. The highest BCUT2D eigenvalue weighted by molar-refractivity contribution is 7.90. The maximum Gasteiger partial charge on any atom is 0.254 e. The highest BCUT2D eigenvalue weighted by Gasteiger charge is 2.29. The number of aromatic nitrogens is 2. The molecule has 10 heteroatoms. The average Bonchev–Trinajstić information content (AvgIpc) is 3.64. The van der Waals surface area contributed by atoms with Crippen molar-refractivity contribution in [3.05, 3.63) is 113 Å². The number of methoxy groups -OCH3 is 1. The Labute approximate surface area is 239 Å². The molecule has 1 fully saturated rings. The second-order valence-corrected chi connectivity index (χ2v) is 11.9. The molecule has 214 valence electrons. The first kappa shape index (κ1) is 28.5. The van der Waals surface area contributed by atoms with E-state index in [4.69, 9.17) is 9.47 Å². The maximum absolute atomic E-state index is 14.4. The van der Waals surface area contributed by atoms with Crippen molar-refractivity contribution in [2.45, 2.75) is 42.9 Å². The van der Waals surface area contributed by atoms with Gasteiger partial charge in [-0.3, -0.25) is 4.79 Å². The third kappa shape index (κ3) is 6.83. The molecule has 1 aliphatic rings. The highest BCUT2D eigenvalue weighted by Crippen LogP contribution is 2.24. The van der Waals surface area contributed by atoms with Gasteiger partial charge in [0.15, 0.2) is 0 Å². The van der Waals surface area contributed by atoms with E-state index in [0.717, 1.165) is 18.4 Å². The van der Waals surface area contributed by atoms with Gasteiger partial charge < -0.3 is 18.9 Å². The van der Waals surface area contributed by atoms with Crippen LogP contribution in [0.5, 0.6) is 5.75 Å². The lowest BCUT2D eigenvalue weighted by Gasteiger charge is -2.26. The first-order chi connectivity index (χ1) is 19.8. The number of amides is 1. The molecule has 1 saturated heterocycles. The number of nitrogens with zero attached hydrogens (tertiary/aromatic N) is 3. The van der Waals surface area contributed by atoms with Crippen molar-refractivity contribution in [2.24, 2.45) is 0 Å². The molecule has 1 aromatic heterocycles. The molecule has 5 rings (SSSR count). The average molecular weight is 578 g/mol. The third-order valence-electron chi connectivity index (χ3n) is 7.09. The summed E-state index contributed by atoms with van der Waals surface area (Å²) in [6.07, 6.45) is 3.12. The van der Waals surface area contributed by atoms with Gasteiger partial charge in [0.2, 0.25) is 15.0 Å². The standard InChI is InChI=1S/C31H32FN3O5S/c1-39-27-15-13-24(14-16-27)30(36)34(21-28-11-7-17-40-28)20-26-18-33-31(35(26)19-23-8-3-2-4-9-23)41(37,38)22-25-10-5-6-12-29(25)32/h2-6,8-10,12-16,18,28H,7,11,17,19-22H2,1H3/t28-/m0/s1. The Kier molecular flexibility index (Phi) is 8.80. The molecule has 0 aliphatic carbocycles. The fourth-order valence-corrected chi connectivity index (χ4v) is 6.45. The van der Waals surface area contributed by atoms with E-state index in [9.17, 15) is 17.6 Å². The van der Waals surface area contributed by atoms with Crippen molar-refractivity contribution >= 4 is 15.7 Å². The molecule has 3 aromatic carbocycles. The van der Waals surface area contributed by atoms with E-state index in [1.165, 1.54) is 24.4 Å². The smallest absolute Gasteiger partial charge is 0.254 e. The Hall–Kier alpha value is -4.02. The van der Waals surface area contributed by atoms with Gasteiger partial charge in [-0.15, -0.1) is 0 Å². The summed E-state index contributed by atoms with van der Waals surface area (Å²) in [5.41, 5.74) is 1.95. The Morgan fingerprint density at radius 1 is 1.07 bits per heavy atom. The van der Waals surface area contributed by atoms with Gasteiger partial charge in [0.25, 0.3) is 5.91 Å². The summed E-state index contributed by atoms with van der Waals surface area (Å²) in [7, 11) is -2.47. The summed E-state index contributed by atoms with van der Waals surface area (Å²) in [6.45, 7) is 1.31. The van der Waals surface area contributed by atoms with E-state index < -0.39 is 21.4 Å². The largest absolute Gasteiger partial charge is 0.497 e. The van der Waals surface area contributed by atoms with Gasteiger partial charge in [0.05, 0.1) is 43.9 Å². The summed E-state index contributed by atoms with van der Waals surface area (Å²) in [5.74, 6) is -0.704. The summed E-state index contributed by atoms with van der Waals surface area (Å²) in [6, 6.07) is 22.1. The summed E-state index contributed by atoms with van der Waals surface area (Å²) in [5, 5.41) is -0.173. The zero-order valence-electron chi connectivity index (χ0n) is 22.8. The van der Waals surface area contributed by atoms with Crippen LogP contribution in [-0.2, 0) is 33.4 Å². The molecule has 0 saturated carbocycles. The predicted molar refractivity (Wildman–Crippen MR) is 152 cm³/mol. The molecule has 0 bridgehead atoms. The maximum atomic E-state index is 14.4. The molecular weight excluding hydrogens is 545 g/mol. The minimum atomic E-state index is -4.03. The molecule has 1 aliphatic heterocycles. The van der Waals surface area contributed by atoms with Crippen molar-refractivity contribution in [3.8, 4) is 5.75 Å². The van der Waals surface area contributed by atoms with Crippen LogP contribution in [0.1, 0.15) is 40.0 Å². The van der Waals surface area contributed by atoms with Gasteiger partial charge in [-0.1, -0.05) is 48.5 Å². The van der Waals surface area contributed by atoms with Crippen LogP contribution in [0.4, 0.5) is 4.39 Å². The van der Waals surface area contributed by atoms with Crippen molar-refractivity contribution in [3.63, 3.8) is 0 Å². The third-order valence-corrected chi connectivity index (χ3v) is 8.66. The summed E-state index contributed by atoms with van der Waals surface area (Å²) >= 11 is 0. The molecule has 1 amide bonds. The minimum absolute atomic E-state index is 0.0676. The van der Waals surface area contributed by atoms with Crippen LogP contribution < -0.4 is 4.74 Å². The molecule has 0 spiro atoms. The zero-order chi connectivity index (χ0) is 28.8. The number of rotatable bonds is 11. The number of carbonyl (C=O) groups is 1. The minimum Gasteiger partial charge on any atom is -0.497 e. The van der Waals surface area contributed by atoms with Gasteiger partial charge >= 0.3 is 0 Å². The molecule has 2 heterocycles. The van der Waals surface area contributed by atoms with Crippen molar-refractivity contribution < 1.29 is 27.1 Å². The van der Waals surface area contributed by atoms with Crippen LogP contribution in [0, 0.1) is 5.82 Å². The first-order valence-corrected chi connectivity index (χ1v) is 15.1. The predicted octanol–water partition coefficient (Wildman–Crippen LogP) is 4.87. The van der Waals surface area contributed by atoms with Gasteiger partial charge in [0.1, 0.15) is 11.6 Å². The number of ether oxygens (including phenoxy) is 2. The molecule has 0 radical (unpaired) electrons. The van der Waals surface area contributed by atoms with E-state index >= 15 is 0 Å². The fourth-order valence-electron chi connectivity index (χ4n) is 4.95. The van der Waals surface area contributed by atoms with Gasteiger partial charge in [-0.05, 0) is 48.7 Å². The van der Waals surface area contributed by atoms with E-state index in [1.54, 1.807) is 46.9 Å². The van der Waals surface area contributed by atoms with E-state index in [-0.39, 0.29) is 35.8 Å². The van der Waals surface area contributed by atoms with Crippen LogP contribution in [0.3, 0.4) is 0 Å². The number of hydrogen-bond donors (Lipinski definition) is 0.